The lowest BCUT2D eigenvalue weighted by molar-refractivity contribution is -0.115. The molecule has 3 heterocycles. The number of hydrogen-bond acceptors (Lipinski definition) is 4. The van der Waals surface area contributed by atoms with E-state index in [4.69, 9.17) is 12.2 Å². The summed E-state index contributed by atoms with van der Waals surface area (Å²) in [5, 5.41) is 10.4. The van der Waals surface area contributed by atoms with E-state index in [9.17, 15) is 4.79 Å². The van der Waals surface area contributed by atoms with Crippen LogP contribution in [-0.2, 0) is 11.3 Å². The van der Waals surface area contributed by atoms with Crippen molar-refractivity contribution >= 4 is 29.3 Å². The molecule has 1 aliphatic rings. The van der Waals surface area contributed by atoms with Gasteiger partial charge in [-0.1, -0.05) is 36.4 Å². The average Bonchev–Trinajstić information content (AvgIpc) is 3.19. The number of thiocarbonyl (C=S) groups is 1. The van der Waals surface area contributed by atoms with E-state index >= 15 is 0 Å². The van der Waals surface area contributed by atoms with Gasteiger partial charge in [-0.05, 0) is 29.9 Å². The van der Waals surface area contributed by atoms with Gasteiger partial charge in [-0.2, -0.15) is 5.10 Å². The van der Waals surface area contributed by atoms with Crippen molar-refractivity contribution in [3.63, 3.8) is 0 Å². The minimum absolute atomic E-state index is 0.259. The Morgan fingerprint density at radius 1 is 1.12 bits per heavy atom. The molecule has 0 unspecified atom stereocenters. The van der Waals surface area contributed by atoms with Crippen LogP contribution >= 0.6 is 12.2 Å². The van der Waals surface area contributed by atoms with E-state index in [1.165, 1.54) is 0 Å². The van der Waals surface area contributed by atoms with Crippen molar-refractivity contribution in [3.05, 3.63) is 78.0 Å². The van der Waals surface area contributed by atoms with Crippen LogP contribution < -0.4 is 10.6 Å². The predicted molar refractivity (Wildman–Crippen MR) is 103 cm³/mol. The standard InChI is InChI=1S/C19H15N5OS/c25-18-17(21-19(26)22-18)9-16-15(14-7-4-8-20-10-14)12-24(23-16)11-13-5-2-1-3-6-13/h1-10,12H,11H2,(H2,21,22,25,26). The van der Waals surface area contributed by atoms with E-state index in [2.05, 4.69) is 20.7 Å². The minimum atomic E-state index is -0.259. The lowest BCUT2D eigenvalue weighted by atomic mass is 10.1. The van der Waals surface area contributed by atoms with E-state index in [-0.39, 0.29) is 5.91 Å². The second-order valence-corrected chi connectivity index (χ2v) is 6.23. The first-order valence-electron chi connectivity index (χ1n) is 8.05. The zero-order valence-electron chi connectivity index (χ0n) is 13.7. The third-order valence-electron chi connectivity index (χ3n) is 3.95. The lowest BCUT2D eigenvalue weighted by Gasteiger charge is -2.00. The smallest absolute Gasteiger partial charge is 0.273 e. The van der Waals surface area contributed by atoms with E-state index in [1.54, 1.807) is 18.5 Å². The van der Waals surface area contributed by atoms with Crippen molar-refractivity contribution in [2.45, 2.75) is 6.54 Å². The van der Waals surface area contributed by atoms with Crippen LogP contribution in [-0.4, -0.2) is 25.8 Å². The molecule has 0 bridgehead atoms. The SMILES string of the molecule is O=C1NC(=S)NC1=Cc1nn(Cc2ccccc2)cc1-c1cccnc1. The molecule has 1 aromatic carbocycles. The molecular formula is C19H15N5OS. The number of aromatic nitrogens is 3. The van der Waals surface area contributed by atoms with E-state index < -0.39 is 0 Å². The van der Waals surface area contributed by atoms with Crippen molar-refractivity contribution in [1.29, 1.82) is 0 Å². The maximum Gasteiger partial charge on any atom is 0.273 e. The molecule has 1 fully saturated rings. The average molecular weight is 361 g/mol. The highest BCUT2D eigenvalue weighted by atomic mass is 32.1. The summed E-state index contributed by atoms with van der Waals surface area (Å²) in [7, 11) is 0. The van der Waals surface area contributed by atoms with Crippen molar-refractivity contribution in [3.8, 4) is 11.1 Å². The zero-order chi connectivity index (χ0) is 17.9. The summed E-state index contributed by atoms with van der Waals surface area (Å²) in [6.45, 7) is 0.634. The molecule has 26 heavy (non-hydrogen) atoms. The zero-order valence-corrected chi connectivity index (χ0v) is 14.5. The molecule has 0 radical (unpaired) electrons. The Labute approximate surface area is 155 Å². The number of nitrogens with one attached hydrogen (secondary N) is 2. The van der Waals surface area contributed by atoms with Gasteiger partial charge in [0.25, 0.3) is 5.91 Å². The van der Waals surface area contributed by atoms with Gasteiger partial charge in [0.05, 0.1) is 12.2 Å². The van der Waals surface area contributed by atoms with Gasteiger partial charge in [0.1, 0.15) is 5.70 Å². The van der Waals surface area contributed by atoms with Crippen LogP contribution in [0.5, 0.6) is 0 Å². The Hall–Kier alpha value is -3.32. The number of carbonyl (C=O) groups excluding carboxylic acids is 1. The highest BCUT2D eigenvalue weighted by molar-refractivity contribution is 7.80. The molecule has 6 nitrogen and oxygen atoms in total. The van der Waals surface area contributed by atoms with Gasteiger partial charge in [-0.25, -0.2) is 0 Å². The molecule has 7 heteroatoms. The summed E-state index contributed by atoms with van der Waals surface area (Å²) >= 11 is 4.99. The van der Waals surface area contributed by atoms with Gasteiger partial charge >= 0.3 is 0 Å². The normalized spacial score (nSPS) is 15.2. The molecule has 4 rings (SSSR count). The summed E-state index contributed by atoms with van der Waals surface area (Å²) in [6, 6.07) is 13.9. The van der Waals surface area contributed by atoms with Gasteiger partial charge in [0, 0.05) is 29.7 Å². The molecule has 0 saturated carbocycles. The van der Waals surface area contributed by atoms with Gasteiger partial charge in [-0.3, -0.25) is 19.8 Å². The van der Waals surface area contributed by atoms with E-state index in [0.29, 0.717) is 23.0 Å². The predicted octanol–water partition coefficient (Wildman–Crippen LogP) is 2.34. The molecule has 128 valence electrons. The van der Waals surface area contributed by atoms with Gasteiger partial charge in [0.15, 0.2) is 5.11 Å². The largest absolute Gasteiger partial charge is 0.328 e. The Bertz CT molecular complexity index is 995. The summed E-state index contributed by atoms with van der Waals surface area (Å²) in [6.07, 6.45) is 7.17. The van der Waals surface area contributed by atoms with Crippen LogP contribution in [0.2, 0.25) is 0 Å². The van der Waals surface area contributed by atoms with Gasteiger partial charge in [0.2, 0.25) is 0 Å². The maximum absolute atomic E-state index is 12.0. The summed E-state index contributed by atoms with van der Waals surface area (Å²) in [4.78, 5) is 16.1. The van der Waals surface area contributed by atoms with Gasteiger partial charge in [-0.15, -0.1) is 0 Å². The first-order valence-corrected chi connectivity index (χ1v) is 8.46. The number of rotatable bonds is 4. The first kappa shape index (κ1) is 16.2. The fraction of sp³-hybridized carbons (Fsp3) is 0.0526. The topological polar surface area (TPSA) is 71.8 Å². The molecule has 2 N–H and O–H groups in total. The van der Waals surface area contributed by atoms with Crippen LogP contribution in [0.3, 0.4) is 0 Å². The molecule has 2 aromatic heterocycles. The third kappa shape index (κ3) is 3.38. The quantitative estimate of drug-likeness (QED) is 0.551. The minimum Gasteiger partial charge on any atom is -0.328 e. The molecule has 0 atom stereocenters. The number of benzene rings is 1. The number of pyridine rings is 1. The Kier molecular flexibility index (Phi) is 4.28. The monoisotopic (exact) mass is 361 g/mol. The molecule has 0 spiro atoms. The van der Waals surface area contributed by atoms with Crippen molar-refractivity contribution in [2.24, 2.45) is 0 Å². The third-order valence-corrected chi connectivity index (χ3v) is 4.16. The maximum atomic E-state index is 12.0. The molecule has 0 aliphatic carbocycles. The molecule has 1 amide bonds. The van der Waals surface area contributed by atoms with Crippen LogP contribution in [0, 0.1) is 0 Å². The number of carbonyl (C=O) groups is 1. The van der Waals surface area contributed by atoms with Crippen LogP contribution in [0.4, 0.5) is 0 Å². The van der Waals surface area contributed by atoms with Crippen molar-refractivity contribution < 1.29 is 4.79 Å². The second kappa shape index (κ2) is 6.89. The number of amides is 1. The molecule has 3 aromatic rings. The highest BCUT2D eigenvalue weighted by Gasteiger charge is 2.21. The summed E-state index contributed by atoms with van der Waals surface area (Å²) < 4.78 is 1.86. The summed E-state index contributed by atoms with van der Waals surface area (Å²) in [5.41, 5.74) is 4.03. The highest BCUT2D eigenvalue weighted by Crippen LogP contribution is 2.24. The first-order chi connectivity index (χ1) is 12.7. The van der Waals surface area contributed by atoms with E-state index in [0.717, 1.165) is 16.7 Å². The van der Waals surface area contributed by atoms with E-state index in [1.807, 2.05) is 53.3 Å². The van der Waals surface area contributed by atoms with Gasteiger partial charge < -0.3 is 5.32 Å². The van der Waals surface area contributed by atoms with Crippen LogP contribution in [0.15, 0.2) is 66.8 Å². The van der Waals surface area contributed by atoms with Crippen molar-refractivity contribution in [2.75, 3.05) is 0 Å². The number of nitrogens with zero attached hydrogens (tertiary/aromatic N) is 3. The molecular weight excluding hydrogens is 346 g/mol. The fourth-order valence-corrected chi connectivity index (χ4v) is 2.96. The summed E-state index contributed by atoms with van der Waals surface area (Å²) in [5.74, 6) is -0.259. The Balaban J connectivity index is 1.75. The molecule has 1 aliphatic heterocycles. The van der Waals surface area contributed by atoms with Crippen LogP contribution in [0.25, 0.3) is 17.2 Å². The fourth-order valence-electron chi connectivity index (χ4n) is 2.76. The van der Waals surface area contributed by atoms with Crippen molar-refractivity contribution in [1.82, 2.24) is 25.4 Å². The lowest BCUT2D eigenvalue weighted by Crippen LogP contribution is -2.21. The number of hydrogen-bond donors (Lipinski definition) is 2. The Morgan fingerprint density at radius 3 is 2.65 bits per heavy atom. The Morgan fingerprint density at radius 2 is 1.96 bits per heavy atom. The second-order valence-electron chi connectivity index (χ2n) is 5.82. The molecule has 1 saturated heterocycles. The van der Waals surface area contributed by atoms with Crippen LogP contribution in [0.1, 0.15) is 11.3 Å².